The molecule has 0 saturated heterocycles. The van der Waals surface area contributed by atoms with Crippen LogP contribution < -0.4 is 5.73 Å². The average Bonchev–Trinajstić information content (AvgIpc) is 2.13. The monoisotopic (exact) mass is 129 g/mol. The van der Waals surface area contributed by atoms with E-state index < -0.39 is 6.10 Å². The number of aromatic nitrogens is 2. The summed E-state index contributed by atoms with van der Waals surface area (Å²) in [6, 6.07) is 0. The summed E-state index contributed by atoms with van der Waals surface area (Å²) in [5.41, 5.74) is 5.50. The van der Waals surface area contributed by atoms with Gasteiger partial charge in [-0.3, -0.25) is 0 Å². The highest BCUT2D eigenvalue weighted by Crippen LogP contribution is 2.13. The summed E-state index contributed by atoms with van der Waals surface area (Å²) in [4.78, 5) is 0. The highest BCUT2D eigenvalue weighted by atomic mass is 16.6. The largest absolute Gasteiger partial charge is 0.387 e. The van der Waals surface area contributed by atoms with Crippen molar-refractivity contribution in [1.29, 1.82) is 0 Å². The van der Waals surface area contributed by atoms with Crippen LogP contribution in [0.25, 0.3) is 0 Å². The minimum atomic E-state index is -0.712. The lowest BCUT2D eigenvalue weighted by Gasteiger charge is -1.94. The lowest BCUT2D eigenvalue weighted by Crippen LogP contribution is -1.96. The molecular weight excluding hydrogens is 122 g/mol. The molecule has 1 heterocycles. The van der Waals surface area contributed by atoms with Crippen LogP contribution in [0.15, 0.2) is 4.63 Å². The first-order chi connectivity index (χ1) is 4.22. The maximum Gasteiger partial charge on any atom is 0.194 e. The fourth-order valence-corrected chi connectivity index (χ4v) is 0.492. The van der Waals surface area contributed by atoms with Gasteiger partial charge in [-0.1, -0.05) is 0 Å². The molecule has 0 unspecified atom stereocenters. The van der Waals surface area contributed by atoms with Crippen LogP contribution in [0, 0.1) is 0 Å². The Balaban J connectivity index is 2.94. The van der Waals surface area contributed by atoms with Crippen molar-refractivity contribution >= 4 is 5.82 Å². The van der Waals surface area contributed by atoms with Gasteiger partial charge >= 0.3 is 0 Å². The van der Waals surface area contributed by atoms with E-state index in [1.54, 1.807) is 0 Å². The van der Waals surface area contributed by atoms with Crippen LogP contribution in [-0.4, -0.2) is 15.4 Å². The average molecular weight is 129 g/mol. The van der Waals surface area contributed by atoms with Crippen molar-refractivity contribution in [3.8, 4) is 0 Å². The molecule has 1 atom stereocenters. The number of anilines is 1. The van der Waals surface area contributed by atoms with Crippen molar-refractivity contribution in [3.05, 3.63) is 5.69 Å². The summed E-state index contributed by atoms with van der Waals surface area (Å²) in [6.07, 6.45) is -0.712. The first-order valence-electron chi connectivity index (χ1n) is 2.48. The molecule has 0 spiro atoms. The Hall–Kier alpha value is -1.10. The predicted molar refractivity (Wildman–Crippen MR) is 29.3 cm³/mol. The van der Waals surface area contributed by atoms with Gasteiger partial charge in [-0.15, -0.1) is 0 Å². The normalized spacial score (nSPS) is 13.6. The third-order valence-electron chi connectivity index (χ3n) is 0.937. The van der Waals surface area contributed by atoms with Crippen LogP contribution in [0.2, 0.25) is 0 Å². The lowest BCUT2D eigenvalue weighted by atomic mass is 10.3. The van der Waals surface area contributed by atoms with Crippen LogP contribution >= 0.6 is 0 Å². The Morgan fingerprint density at radius 3 is 2.56 bits per heavy atom. The van der Waals surface area contributed by atoms with E-state index in [1.165, 1.54) is 6.92 Å². The van der Waals surface area contributed by atoms with Gasteiger partial charge in [0, 0.05) is 0 Å². The van der Waals surface area contributed by atoms with Gasteiger partial charge in [0.25, 0.3) is 0 Å². The smallest absolute Gasteiger partial charge is 0.194 e. The maximum absolute atomic E-state index is 8.85. The Morgan fingerprint density at radius 1 is 1.67 bits per heavy atom. The highest BCUT2D eigenvalue weighted by Gasteiger charge is 2.10. The molecule has 0 aromatic carbocycles. The zero-order valence-electron chi connectivity index (χ0n) is 4.90. The second-order valence-electron chi connectivity index (χ2n) is 1.71. The number of nitrogens with two attached hydrogens (primary N) is 1. The molecule has 9 heavy (non-hydrogen) atoms. The van der Waals surface area contributed by atoms with E-state index in [1.807, 2.05) is 0 Å². The first kappa shape index (κ1) is 6.03. The molecule has 0 aliphatic carbocycles. The van der Waals surface area contributed by atoms with E-state index in [4.69, 9.17) is 10.8 Å². The first-order valence-corrected chi connectivity index (χ1v) is 2.48. The third-order valence-corrected chi connectivity index (χ3v) is 0.937. The van der Waals surface area contributed by atoms with Crippen molar-refractivity contribution in [3.63, 3.8) is 0 Å². The number of rotatable bonds is 1. The van der Waals surface area contributed by atoms with E-state index >= 15 is 0 Å². The standard InChI is InChI=1S/C4H7N3O2/c1-2(8)3-4(5)7-9-6-3/h2,8H,1H3,(H2,5,7)/t2-/m1/s1. The zero-order chi connectivity index (χ0) is 6.85. The van der Waals surface area contributed by atoms with E-state index in [0.717, 1.165) is 0 Å². The number of hydrogen-bond acceptors (Lipinski definition) is 5. The third kappa shape index (κ3) is 0.996. The van der Waals surface area contributed by atoms with E-state index in [2.05, 4.69) is 14.9 Å². The van der Waals surface area contributed by atoms with Gasteiger partial charge in [0.2, 0.25) is 0 Å². The highest BCUT2D eigenvalue weighted by molar-refractivity contribution is 5.32. The fraction of sp³-hybridized carbons (Fsp3) is 0.500. The maximum atomic E-state index is 8.85. The molecule has 50 valence electrons. The number of nitrogen functional groups attached to an aromatic ring is 1. The molecule has 0 saturated carbocycles. The number of aliphatic hydroxyl groups is 1. The van der Waals surface area contributed by atoms with Gasteiger partial charge in [0.1, 0.15) is 6.10 Å². The van der Waals surface area contributed by atoms with Gasteiger partial charge in [0.15, 0.2) is 11.5 Å². The van der Waals surface area contributed by atoms with Gasteiger partial charge < -0.3 is 10.8 Å². The molecule has 0 radical (unpaired) electrons. The molecular formula is C4H7N3O2. The molecule has 5 heteroatoms. The Bertz CT molecular complexity index is 195. The van der Waals surface area contributed by atoms with Crippen molar-refractivity contribution in [2.45, 2.75) is 13.0 Å². The van der Waals surface area contributed by atoms with Gasteiger partial charge in [-0.25, -0.2) is 4.63 Å². The summed E-state index contributed by atoms with van der Waals surface area (Å²) in [5, 5.41) is 15.5. The molecule has 0 amide bonds. The summed E-state index contributed by atoms with van der Waals surface area (Å²) < 4.78 is 4.22. The molecule has 5 nitrogen and oxygen atoms in total. The molecule has 0 fully saturated rings. The Labute approximate surface area is 51.4 Å². The topological polar surface area (TPSA) is 85.2 Å². The summed E-state index contributed by atoms with van der Waals surface area (Å²) in [7, 11) is 0. The van der Waals surface area contributed by atoms with E-state index in [9.17, 15) is 0 Å². The van der Waals surface area contributed by atoms with Crippen LogP contribution in [0.1, 0.15) is 18.7 Å². The summed E-state index contributed by atoms with van der Waals surface area (Å²) in [6.45, 7) is 1.54. The molecule has 0 bridgehead atoms. The fourth-order valence-electron chi connectivity index (χ4n) is 0.492. The molecule has 0 aliphatic heterocycles. The van der Waals surface area contributed by atoms with Crippen molar-refractivity contribution in [1.82, 2.24) is 10.3 Å². The van der Waals surface area contributed by atoms with E-state index in [-0.39, 0.29) is 11.5 Å². The lowest BCUT2D eigenvalue weighted by molar-refractivity contribution is 0.185. The van der Waals surface area contributed by atoms with Crippen molar-refractivity contribution < 1.29 is 9.74 Å². The second kappa shape index (κ2) is 2.02. The number of hydrogen-bond donors (Lipinski definition) is 2. The van der Waals surface area contributed by atoms with Crippen LogP contribution in [0.3, 0.4) is 0 Å². The number of nitrogens with zero attached hydrogens (tertiary/aromatic N) is 2. The van der Waals surface area contributed by atoms with Gasteiger partial charge in [0.05, 0.1) is 0 Å². The van der Waals surface area contributed by atoms with Crippen molar-refractivity contribution in [2.75, 3.05) is 5.73 Å². The second-order valence-corrected chi connectivity index (χ2v) is 1.71. The number of aliphatic hydroxyl groups excluding tert-OH is 1. The van der Waals surface area contributed by atoms with Crippen molar-refractivity contribution in [2.24, 2.45) is 0 Å². The molecule has 0 aliphatic rings. The van der Waals surface area contributed by atoms with Crippen LogP contribution in [0.4, 0.5) is 5.82 Å². The van der Waals surface area contributed by atoms with Gasteiger partial charge in [-0.2, -0.15) is 0 Å². The Morgan fingerprint density at radius 2 is 2.33 bits per heavy atom. The van der Waals surface area contributed by atoms with Crippen LogP contribution in [0.5, 0.6) is 0 Å². The minimum Gasteiger partial charge on any atom is -0.387 e. The van der Waals surface area contributed by atoms with E-state index in [0.29, 0.717) is 0 Å². The molecule has 1 aromatic rings. The minimum absolute atomic E-state index is 0.144. The summed E-state index contributed by atoms with van der Waals surface area (Å²) in [5.74, 6) is 0.144. The zero-order valence-corrected chi connectivity index (χ0v) is 4.90. The van der Waals surface area contributed by atoms with Gasteiger partial charge in [-0.05, 0) is 17.2 Å². The SMILES string of the molecule is C[C@@H](O)c1nonc1N. The molecule has 3 N–H and O–H groups in total. The molecule has 1 rings (SSSR count). The quantitative estimate of drug-likeness (QED) is 0.544. The molecule has 1 aromatic heterocycles. The van der Waals surface area contributed by atoms with Crippen LogP contribution in [-0.2, 0) is 0 Å². The predicted octanol–water partition coefficient (Wildman–Crippen LogP) is -0.295. The summed E-state index contributed by atoms with van der Waals surface area (Å²) >= 11 is 0. The Kier molecular flexibility index (Phi) is 1.35.